The van der Waals surface area contributed by atoms with Gasteiger partial charge in [-0.1, -0.05) is 75.7 Å². The minimum absolute atomic E-state index is 0.0192. The van der Waals surface area contributed by atoms with Crippen LogP contribution in [0.3, 0.4) is 0 Å². The number of para-hydroxylation sites is 2. The number of anilines is 1. The second kappa shape index (κ2) is 15.0. The number of nitrogens with zero attached hydrogens (tertiary/aromatic N) is 3. The number of benzene rings is 3. The zero-order valence-corrected chi connectivity index (χ0v) is 29.0. The van der Waals surface area contributed by atoms with Crippen LogP contribution in [0.1, 0.15) is 83.0 Å². The summed E-state index contributed by atoms with van der Waals surface area (Å²) in [4.78, 5) is 48.3. The van der Waals surface area contributed by atoms with Crippen LogP contribution in [-0.4, -0.2) is 65.5 Å². The fourth-order valence-corrected chi connectivity index (χ4v) is 6.10. The molecule has 0 radical (unpaired) electrons. The standard InChI is InChI=1S/C39H48N4O5/c1-7-11-33(35(44)37-41-32-14-8-9-15-34(32)47-37)40-36(45)31(24-26(2)3)29-13-10-12-28(25-29)27-16-18-30(19-17-27)42-20-22-43(23-21-42)38(46)48-39(4,5)6/h8-10,12-19,25-26,31,33H,7,11,20-24H2,1-6H3,(H,40,45)/t31-,33+/m1/s1. The Bertz CT molecular complexity index is 1680. The molecule has 1 saturated heterocycles. The summed E-state index contributed by atoms with van der Waals surface area (Å²) in [5.41, 5.74) is 4.72. The smallest absolute Gasteiger partial charge is 0.410 e. The van der Waals surface area contributed by atoms with Crippen molar-refractivity contribution >= 4 is 34.6 Å². The number of oxazole rings is 1. The number of carbonyl (C=O) groups is 3. The third-order valence-corrected chi connectivity index (χ3v) is 8.52. The number of ketones is 1. The van der Waals surface area contributed by atoms with E-state index in [0.29, 0.717) is 37.0 Å². The van der Waals surface area contributed by atoms with E-state index in [9.17, 15) is 14.4 Å². The summed E-state index contributed by atoms with van der Waals surface area (Å²) in [6, 6.07) is 23.1. The summed E-state index contributed by atoms with van der Waals surface area (Å²) in [6.45, 7) is 14.5. The van der Waals surface area contributed by atoms with Crippen molar-refractivity contribution in [1.82, 2.24) is 15.2 Å². The third-order valence-electron chi connectivity index (χ3n) is 8.52. The first-order chi connectivity index (χ1) is 22.9. The highest BCUT2D eigenvalue weighted by molar-refractivity contribution is 6.00. The molecule has 48 heavy (non-hydrogen) atoms. The second-order valence-corrected chi connectivity index (χ2v) is 14.0. The van der Waals surface area contributed by atoms with E-state index in [1.807, 2.05) is 52.0 Å². The second-order valence-electron chi connectivity index (χ2n) is 14.0. The molecule has 2 heterocycles. The molecule has 0 saturated carbocycles. The molecule has 4 aromatic rings. The molecule has 254 valence electrons. The molecule has 3 aromatic carbocycles. The summed E-state index contributed by atoms with van der Waals surface area (Å²) in [5, 5.41) is 3.06. The van der Waals surface area contributed by atoms with E-state index in [1.165, 1.54) is 0 Å². The topological polar surface area (TPSA) is 105 Å². The van der Waals surface area contributed by atoms with Gasteiger partial charge in [-0.05, 0) is 80.5 Å². The maximum atomic E-state index is 13.9. The first-order valence-electron chi connectivity index (χ1n) is 17.0. The zero-order valence-electron chi connectivity index (χ0n) is 29.0. The lowest BCUT2D eigenvalue weighted by Gasteiger charge is -2.36. The Balaban J connectivity index is 1.28. The Labute approximate surface area is 283 Å². The van der Waals surface area contributed by atoms with Gasteiger partial charge in [0.1, 0.15) is 11.1 Å². The van der Waals surface area contributed by atoms with E-state index in [-0.39, 0.29) is 29.6 Å². The molecule has 0 spiro atoms. The number of fused-ring (bicyclic) bond motifs is 1. The van der Waals surface area contributed by atoms with Gasteiger partial charge in [0.05, 0.1) is 12.0 Å². The van der Waals surface area contributed by atoms with Crippen LogP contribution in [-0.2, 0) is 9.53 Å². The predicted molar refractivity (Wildman–Crippen MR) is 189 cm³/mol. The van der Waals surface area contributed by atoms with E-state index in [1.54, 1.807) is 17.0 Å². The van der Waals surface area contributed by atoms with E-state index < -0.39 is 17.6 Å². The zero-order chi connectivity index (χ0) is 34.4. The SMILES string of the molecule is CCC[C@H](NC(=O)[C@H](CC(C)C)c1cccc(-c2ccc(N3CCN(C(=O)OC(C)(C)C)CC3)cc2)c1)C(=O)c1nc2ccccc2o1. The highest BCUT2D eigenvalue weighted by atomic mass is 16.6. The van der Waals surface area contributed by atoms with Crippen molar-refractivity contribution in [3.8, 4) is 11.1 Å². The molecule has 1 aliphatic heterocycles. The lowest BCUT2D eigenvalue weighted by molar-refractivity contribution is -0.123. The molecule has 1 fully saturated rings. The molecular weight excluding hydrogens is 604 g/mol. The molecule has 0 bridgehead atoms. The predicted octanol–water partition coefficient (Wildman–Crippen LogP) is 7.85. The molecule has 1 N–H and O–H groups in total. The van der Waals surface area contributed by atoms with E-state index in [4.69, 9.17) is 9.15 Å². The summed E-state index contributed by atoms with van der Waals surface area (Å²) < 4.78 is 11.3. The number of amides is 2. The van der Waals surface area contributed by atoms with Crippen LogP contribution < -0.4 is 10.2 Å². The van der Waals surface area contributed by atoms with E-state index in [0.717, 1.165) is 41.9 Å². The lowest BCUT2D eigenvalue weighted by atomic mass is 9.87. The number of hydrogen-bond donors (Lipinski definition) is 1. The molecule has 9 heteroatoms. The number of rotatable bonds is 11. The number of hydrogen-bond acceptors (Lipinski definition) is 7. The first-order valence-corrected chi connectivity index (χ1v) is 17.0. The van der Waals surface area contributed by atoms with Gasteiger partial charge in [-0.25, -0.2) is 9.78 Å². The molecule has 0 aliphatic carbocycles. The number of ether oxygens (including phenoxy) is 1. The Morgan fingerprint density at radius 2 is 1.62 bits per heavy atom. The number of carbonyl (C=O) groups excluding carboxylic acids is 3. The molecule has 5 rings (SSSR count). The van der Waals surface area contributed by atoms with Crippen molar-refractivity contribution in [3.63, 3.8) is 0 Å². The van der Waals surface area contributed by atoms with Crippen LogP contribution in [0.25, 0.3) is 22.2 Å². The average molecular weight is 653 g/mol. The quantitative estimate of drug-likeness (QED) is 0.165. The fourth-order valence-electron chi connectivity index (χ4n) is 6.10. The van der Waals surface area contributed by atoms with Gasteiger partial charge in [0.15, 0.2) is 5.58 Å². The van der Waals surface area contributed by atoms with Crippen molar-refractivity contribution in [2.24, 2.45) is 5.92 Å². The highest BCUT2D eigenvalue weighted by Gasteiger charge is 2.30. The van der Waals surface area contributed by atoms with Crippen LogP contribution >= 0.6 is 0 Å². The van der Waals surface area contributed by atoms with Crippen LogP contribution in [0.5, 0.6) is 0 Å². The van der Waals surface area contributed by atoms with Crippen LogP contribution in [0, 0.1) is 5.92 Å². The van der Waals surface area contributed by atoms with Crippen LogP contribution in [0.15, 0.2) is 77.2 Å². The third kappa shape index (κ3) is 8.62. The molecule has 9 nitrogen and oxygen atoms in total. The summed E-state index contributed by atoms with van der Waals surface area (Å²) >= 11 is 0. The summed E-state index contributed by atoms with van der Waals surface area (Å²) in [5.74, 6) is -0.640. The van der Waals surface area contributed by atoms with Gasteiger partial charge >= 0.3 is 6.09 Å². The van der Waals surface area contributed by atoms with Gasteiger partial charge in [0.25, 0.3) is 5.89 Å². The highest BCUT2D eigenvalue weighted by Crippen LogP contribution is 2.30. The number of Topliss-reactive ketones (excluding diaryl/α,β-unsaturated/α-hetero) is 1. The molecule has 1 aromatic heterocycles. The normalized spacial score (nSPS) is 15.0. The Morgan fingerprint density at radius 1 is 0.917 bits per heavy atom. The van der Waals surface area contributed by atoms with Crippen molar-refractivity contribution in [3.05, 3.63) is 84.3 Å². The van der Waals surface area contributed by atoms with Gasteiger partial charge in [-0.15, -0.1) is 0 Å². The van der Waals surface area contributed by atoms with Gasteiger partial charge in [-0.2, -0.15) is 0 Å². The van der Waals surface area contributed by atoms with Gasteiger partial charge in [-0.3, -0.25) is 9.59 Å². The van der Waals surface area contributed by atoms with E-state index in [2.05, 4.69) is 65.4 Å². The van der Waals surface area contributed by atoms with Gasteiger partial charge in [0, 0.05) is 31.9 Å². The molecule has 0 unspecified atom stereocenters. The molecule has 2 atom stereocenters. The van der Waals surface area contributed by atoms with Gasteiger partial charge in [0.2, 0.25) is 11.7 Å². The van der Waals surface area contributed by atoms with Crippen molar-refractivity contribution in [2.75, 3.05) is 31.1 Å². The van der Waals surface area contributed by atoms with Crippen LogP contribution in [0.4, 0.5) is 10.5 Å². The molecule has 2 amide bonds. The minimum Gasteiger partial charge on any atom is -0.444 e. The van der Waals surface area contributed by atoms with E-state index >= 15 is 0 Å². The lowest BCUT2D eigenvalue weighted by Crippen LogP contribution is -2.50. The number of piperazine rings is 1. The largest absolute Gasteiger partial charge is 0.444 e. The Hall–Kier alpha value is -4.66. The molecule has 1 aliphatic rings. The first kappa shape index (κ1) is 34.7. The average Bonchev–Trinajstić information content (AvgIpc) is 3.50. The molecular formula is C39H48N4O5. The summed E-state index contributed by atoms with van der Waals surface area (Å²) in [7, 11) is 0. The number of nitrogens with one attached hydrogen (secondary N) is 1. The maximum Gasteiger partial charge on any atom is 0.410 e. The maximum absolute atomic E-state index is 13.9. The van der Waals surface area contributed by atoms with Crippen molar-refractivity contribution < 1.29 is 23.5 Å². The minimum atomic E-state index is -0.730. The van der Waals surface area contributed by atoms with Crippen molar-refractivity contribution in [1.29, 1.82) is 0 Å². The monoisotopic (exact) mass is 652 g/mol. The fraction of sp³-hybridized carbons (Fsp3) is 0.436. The van der Waals surface area contributed by atoms with Crippen LogP contribution in [0.2, 0.25) is 0 Å². The number of aromatic nitrogens is 1. The van der Waals surface area contributed by atoms with Gasteiger partial charge < -0.3 is 24.3 Å². The Morgan fingerprint density at radius 3 is 2.27 bits per heavy atom. The van der Waals surface area contributed by atoms with Crippen molar-refractivity contribution in [2.45, 2.75) is 78.4 Å². The Kier molecular flexibility index (Phi) is 10.9. The summed E-state index contributed by atoms with van der Waals surface area (Å²) in [6.07, 6.45) is 1.58.